The van der Waals surface area contributed by atoms with Crippen LogP contribution in [0.1, 0.15) is 45.1 Å². The molecule has 3 heterocycles. The molecule has 7 heteroatoms. The molecule has 1 N–H and O–H groups in total. The lowest BCUT2D eigenvalue weighted by molar-refractivity contribution is -0.0713. The van der Waals surface area contributed by atoms with Crippen LogP contribution in [0.15, 0.2) is 12.4 Å². The van der Waals surface area contributed by atoms with E-state index in [1.54, 1.807) is 20.8 Å². The monoisotopic (exact) mass is 351 g/mol. The lowest BCUT2D eigenvalue weighted by atomic mass is 9.87. The maximum Gasteiger partial charge on any atom is 0.412 e. The van der Waals surface area contributed by atoms with E-state index in [9.17, 15) is 14.3 Å². The molecule has 0 radical (unpaired) electrons. The van der Waals surface area contributed by atoms with E-state index in [0.29, 0.717) is 17.3 Å². The summed E-state index contributed by atoms with van der Waals surface area (Å²) in [6.45, 7) is 8.71. The molecule has 25 heavy (non-hydrogen) atoms. The third kappa shape index (κ3) is 3.62. The quantitative estimate of drug-likeness (QED) is 0.906. The van der Waals surface area contributed by atoms with E-state index < -0.39 is 17.4 Å². The molecule has 0 aromatic carbocycles. The van der Waals surface area contributed by atoms with Crippen LogP contribution in [0.25, 0.3) is 0 Å². The van der Waals surface area contributed by atoms with Gasteiger partial charge in [-0.3, -0.25) is 14.8 Å². The van der Waals surface area contributed by atoms with Crippen molar-refractivity contribution in [3.63, 3.8) is 0 Å². The molecule has 138 valence electrons. The highest BCUT2D eigenvalue weighted by molar-refractivity contribution is 5.88. The number of halogens is 1. The summed E-state index contributed by atoms with van der Waals surface area (Å²) in [6.07, 6.45) is 3.19. The molecule has 2 saturated heterocycles. The number of ether oxygens (including phenoxy) is 1. The fourth-order valence-electron chi connectivity index (χ4n) is 3.76. The van der Waals surface area contributed by atoms with Gasteiger partial charge in [0.25, 0.3) is 0 Å². The number of aromatic nitrogens is 1. The average molecular weight is 351 g/mol. The highest BCUT2D eigenvalue weighted by Crippen LogP contribution is 2.38. The SMILES string of the molecule is CC(C)(C)N(C(=O)O)c1cncc(F)c1C1CCN(C2COC2)CC1. The summed E-state index contributed by atoms with van der Waals surface area (Å²) in [5.41, 5.74) is 0.169. The van der Waals surface area contributed by atoms with E-state index in [2.05, 4.69) is 9.88 Å². The van der Waals surface area contributed by atoms with Gasteiger partial charge in [-0.05, 0) is 52.6 Å². The Labute approximate surface area is 147 Å². The molecule has 2 aliphatic rings. The van der Waals surface area contributed by atoms with Crippen LogP contribution in [-0.2, 0) is 4.74 Å². The van der Waals surface area contributed by atoms with Crippen molar-refractivity contribution in [1.29, 1.82) is 0 Å². The summed E-state index contributed by atoms with van der Waals surface area (Å²) in [5, 5.41) is 9.68. The molecule has 1 aromatic heterocycles. The van der Waals surface area contributed by atoms with E-state index in [4.69, 9.17) is 4.74 Å². The number of anilines is 1. The zero-order valence-corrected chi connectivity index (χ0v) is 15.0. The number of likely N-dealkylation sites (tertiary alicyclic amines) is 1. The van der Waals surface area contributed by atoms with Gasteiger partial charge in [-0.15, -0.1) is 0 Å². The van der Waals surface area contributed by atoms with Crippen LogP contribution in [0.5, 0.6) is 0 Å². The zero-order valence-electron chi connectivity index (χ0n) is 15.0. The number of rotatable bonds is 3. The Balaban J connectivity index is 1.87. The first-order chi connectivity index (χ1) is 11.8. The van der Waals surface area contributed by atoms with Gasteiger partial charge in [0.2, 0.25) is 0 Å². The second kappa shape index (κ2) is 6.88. The first-order valence-electron chi connectivity index (χ1n) is 8.77. The van der Waals surface area contributed by atoms with Gasteiger partial charge in [-0.25, -0.2) is 9.18 Å². The van der Waals surface area contributed by atoms with Gasteiger partial charge in [0.15, 0.2) is 0 Å². The number of amides is 1. The molecule has 0 spiro atoms. The van der Waals surface area contributed by atoms with Crippen LogP contribution in [0.2, 0.25) is 0 Å². The number of hydrogen-bond donors (Lipinski definition) is 1. The molecule has 0 bridgehead atoms. The Morgan fingerprint density at radius 1 is 1.32 bits per heavy atom. The zero-order chi connectivity index (χ0) is 18.2. The molecule has 0 aliphatic carbocycles. The lowest BCUT2D eigenvalue weighted by Crippen LogP contribution is -2.51. The van der Waals surface area contributed by atoms with Crippen molar-refractivity contribution in [1.82, 2.24) is 9.88 Å². The molecular weight excluding hydrogens is 325 g/mol. The standard InChI is InChI=1S/C18H26FN3O3/c1-18(2,3)22(17(23)24)15-9-20-8-14(19)16(15)12-4-6-21(7-5-12)13-10-25-11-13/h8-9,12-13H,4-7,10-11H2,1-3H3,(H,23,24). The maximum atomic E-state index is 14.7. The third-order valence-electron chi connectivity index (χ3n) is 5.10. The second-order valence-electron chi connectivity index (χ2n) is 7.84. The number of carboxylic acid groups (broad SMARTS) is 1. The number of nitrogens with zero attached hydrogens (tertiary/aromatic N) is 3. The van der Waals surface area contributed by atoms with E-state index in [1.165, 1.54) is 17.3 Å². The minimum Gasteiger partial charge on any atom is -0.465 e. The van der Waals surface area contributed by atoms with Crippen LogP contribution in [0, 0.1) is 5.82 Å². The van der Waals surface area contributed by atoms with Crippen molar-refractivity contribution in [2.75, 3.05) is 31.2 Å². The van der Waals surface area contributed by atoms with Crippen LogP contribution in [0.3, 0.4) is 0 Å². The fraction of sp³-hybridized carbons (Fsp3) is 0.667. The molecule has 1 amide bonds. The number of hydrogen-bond acceptors (Lipinski definition) is 4. The topological polar surface area (TPSA) is 65.9 Å². The number of piperidine rings is 1. The van der Waals surface area contributed by atoms with Crippen molar-refractivity contribution in [2.45, 2.75) is 51.1 Å². The van der Waals surface area contributed by atoms with Crippen LogP contribution < -0.4 is 4.90 Å². The molecule has 6 nitrogen and oxygen atoms in total. The van der Waals surface area contributed by atoms with E-state index >= 15 is 0 Å². The summed E-state index contributed by atoms with van der Waals surface area (Å²) in [4.78, 5) is 19.4. The molecule has 2 fully saturated rings. The van der Waals surface area contributed by atoms with Gasteiger partial charge in [-0.1, -0.05) is 0 Å². The Kier molecular flexibility index (Phi) is 4.97. The molecule has 2 aliphatic heterocycles. The molecule has 0 unspecified atom stereocenters. The lowest BCUT2D eigenvalue weighted by Gasteiger charge is -2.42. The van der Waals surface area contributed by atoms with Gasteiger partial charge >= 0.3 is 6.09 Å². The van der Waals surface area contributed by atoms with E-state index in [1.807, 2.05) is 0 Å². The van der Waals surface area contributed by atoms with E-state index in [0.717, 1.165) is 39.1 Å². The predicted octanol–water partition coefficient (Wildman–Crippen LogP) is 3.08. The summed E-state index contributed by atoms with van der Waals surface area (Å²) in [5.74, 6) is -0.419. The van der Waals surface area contributed by atoms with E-state index in [-0.39, 0.29) is 5.92 Å². The molecule has 1 aromatic rings. The summed E-state index contributed by atoms with van der Waals surface area (Å²) >= 11 is 0. The van der Waals surface area contributed by atoms with Crippen LogP contribution in [0.4, 0.5) is 14.9 Å². The van der Waals surface area contributed by atoms with Gasteiger partial charge in [0, 0.05) is 11.1 Å². The normalized spacial score (nSPS) is 20.3. The van der Waals surface area contributed by atoms with Gasteiger partial charge < -0.3 is 9.84 Å². The highest BCUT2D eigenvalue weighted by atomic mass is 19.1. The first-order valence-corrected chi connectivity index (χ1v) is 8.77. The van der Waals surface area contributed by atoms with Crippen molar-refractivity contribution in [3.05, 3.63) is 23.8 Å². The predicted molar refractivity (Wildman–Crippen MR) is 92.6 cm³/mol. The fourth-order valence-corrected chi connectivity index (χ4v) is 3.76. The molecule has 0 atom stereocenters. The van der Waals surface area contributed by atoms with Gasteiger partial charge in [0.05, 0.1) is 37.3 Å². The molecule has 0 saturated carbocycles. The number of carbonyl (C=O) groups is 1. The van der Waals surface area contributed by atoms with Crippen molar-refractivity contribution < 1.29 is 19.0 Å². The van der Waals surface area contributed by atoms with Gasteiger partial charge in [-0.2, -0.15) is 0 Å². The van der Waals surface area contributed by atoms with Crippen LogP contribution in [-0.4, -0.2) is 59.0 Å². The largest absolute Gasteiger partial charge is 0.465 e. The van der Waals surface area contributed by atoms with Crippen LogP contribution >= 0.6 is 0 Å². The van der Waals surface area contributed by atoms with Gasteiger partial charge in [0.1, 0.15) is 5.82 Å². The molecule has 3 rings (SSSR count). The Hall–Kier alpha value is -1.73. The minimum absolute atomic E-state index is 0.000514. The minimum atomic E-state index is -1.09. The smallest absolute Gasteiger partial charge is 0.412 e. The highest BCUT2D eigenvalue weighted by Gasteiger charge is 2.36. The summed E-state index contributed by atoms with van der Waals surface area (Å²) in [7, 11) is 0. The Morgan fingerprint density at radius 2 is 1.96 bits per heavy atom. The Morgan fingerprint density at radius 3 is 2.44 bits per heavy atom. The Bertz CT molecular complexity index is 635. The maximum absolute atomic E-state index is 14.7. The van der Waals surface area contributed by atoms with Crippen molar-refractivity contribution in [3.8, 4) is 0 Å². The summed E-state index contributed by atoms with van der Waals surface area (Å²) < 4.78 is 19.9. The number of pyridine rings is 1. The molecular formula is C18H26FN3O3. The summed E-state index contributed by atoms with van der Waals surface area (Å²) in [6, 6.07) is 0.479. The second-order valence-corrected chi connectivity index (χ2v) is 7.84. The van der Waals surface area contributed by atoms with Crippen molar-refractivity contribution in [2.24, 2.45) is 0 Å². The average Bonchev–Trinajstić information content (AvgIpc) is 2.45. The third-order valence-corrected chi connectivity index (χ3v) is 5.10. The van der Waals surface area contributed by atoms with Crippen molar-refractivity contribution >= 4 is 11.8 Å². The first kappa shape index (κ1) is 18.1.